The van der Waals surface area contributed by atoms with E-state index in [1.165, 1.54) is 5.56 Å². The Morgan fingerprint density at radius 2 is 1.75 bits per heavy atom. The van der Waals surface area contributed by atoms with Gasteiger partial charge in [0.05, 0.1) is 5.69 Å². The lowest BCUT2D eigenvalue weighted by Crippen LogP contribution is -1.79. The number of nitrogens with zero attached hydrogens (tertiary/aromatic N) is 1. The van der Waals surface area contributed by atoms with Crippen LogP contribution in [0.25, 0.3) is 0 Å². The van der Waals surface area contributed by atoms with Crippen molar-refractivity contribution in [2.75, 3.05) is 0 Å². The smallest absolute Gasteiger partial charge is 0.109 e. The van der Waals surface area contributed by atoms with Crippen LogP contribution in [0.3, 0.4) is 0 Å². The van der Waals surface area contributed by atoms with E-state index in [0.29, 0.717) is 0 Å². The van der Waals surface area contributed by atoms with Gasteiger partial charge in [0.1, 0.15) is 11.5 Å². The van der Waals surface area contributed by atoms with Gasteiger partial charge < -0.3 is 4.42 Å². The van der Waals surface area contributed by atoms with Gasteiger partial charge >= 0.3 is 0 Å². The molecule has 0 amide bonds. The standard InChI is InChI=1S/C14H15NO/c1-10-4-6-14(7-5-10)15-9-13-8-11(2)16-12(13)3/h4-9H,1-3H3. The van der Waals surface area contributed by atoms with Gasteiger partial charge in [-0.2, -0.15) is 0 Å². The third-order valence-corrected chi connectivity index (χ3v) is 2.47. The molecule has 0 fully saturated rings. The van der Waals surface area contributed by atoms with Gasteiger partial charge in [0, 0.05) is 11.8 Å². The Morgan fingerprint density at radius 3 is 2.31 bits per heavy atom. The summed E-state index contributed by atoms with van der Waals surface area (Å²) in [6.45, 7) is 5.96. The number of furan rings is 1. The minimum atomic E-state index is 0.911. The molecule has 1 aromatic carbocycles. The molecule has 0 saturated carbocycles. The maximum atomic E-state index is 5.43. The second-order valence-electron chi connectivity index (χ2n) is 3.96. The average molecular weight is 213 g/mol. The van der Waals surface area contributed by atoms with E-state index in [1.807, 2.05) is 38.3 Å². The lowest BCUT2D eigenvalue weighted by molar-refractivity contribution is 0.504. The van der Waals surface area contributed by atoms with Crippen molar-refractivity contribution in [2.24, 2.45) is 4.99 Å². The molecule has 1 heterocycles. The summed E-state index contributed by atoms with van der Waals surface area (Å²) in [7, 11) is 0. The highest BCUT2D eigenvalue weighted by atomic mass is 16.3. The van der Waals surface area contributed by atoms with Crippen LogP contribution in [0.1, 0.15) is 22.6 Å². The summed E-state index contributed by atoms with van der Waals surface area (Å²) in [5, 5.41) is 0. The van der Waals surface area contributed by atoms with Gasteiger partial charge in [-0.15, -0.1) is 0 Å². The number of aryl methyl sites for hydroxylation is 3. The molecule has 0 bridgehead atoms. The van der Waals surface area contributed by atoms with Crippen molar-refractivity contribution in [2.45, 2.75) is 20.8 Å². The molecule has 16 heavy (non-hydrogen) atoms. The molecule has 0 aliphatic rings. The molecule has 0 spiro atoms. The summed E-state index contributed by atoms with van der Waals surface area (Å²) in [5.41, 5.74) is 3.25. The van der Waals surface area contributed by atoms with E-state index >= 15 is 0 Å². The first-order valence-electron chi connectivity index (χ1n) is 5.33. The van der Waals surface area contributed by atoms with E-state index in [1.54, 1.807) is 0 Å². The molecule has 0 unspecified atom stereocenters. The summed E-state index contributed by atoms with van der Waals surface area (Å²) in [6.07, 6.45) is 1.84. The Balaban J connectivity index is 2.21. The van der Waals surface area contributed by atoms with Crippen LogP contribution in [0.4, 0.5) is 5.69 Å². The normalized spacial score (nSPS) is 11.2. The topological polar surface area (TPSA) is 25.5 Å². The number of hydrogen-bond acceptors (Lipinski definition) is 2. The van der Waals surface area contributed by atoms with E-state index in [0.717, 1.165) is 22.8 Å². The minimum Gasteiger partial charge on any atom is -0.466 e. The molecule has 0 aliphatic heterocycles. The summed E-state index contributed by atoms with van der Waals surface area (Å²) in [5.74, 6) is 1.83. The Morgan fingerprint density at radius 1 is 1.06 bits per heavy atom. The molecule has 0 aliphatic carbocycles. The Hall–Kier alpha value is -1.83. The maximum absolute atomic E-state index is 5.43. The van der Waals surface area contributed by atoms with Crippen LogP contribution in [0.15, 0.2) is 39.7 Å². The Labute approximate surface area is 95.6 Å². The summed E-state index contributed by atoms with van der Waals surface area (Å²) < 4.78 is 5.43. The van der Waals surface area contributed by atoms with E-state index in [-0.39, 0.29) is 0 Å². The summed E-state index contributed by atoms with van der Waals surface area (Å²) >= 11 is 0. The van der Waals surface area contributed by atoms with E-state index in [2.05, 4.69) is 24.0 Å². The molecule has 0 N–H and O–H groups in total. The second kappa shape index (κ2) is 4.35. The lowest BCUT2D eigenvalue weighted by atomic mass is 10.2. The van der Waals surface area contributed by atoms with Crippen LogP contribution in [-0.2, 0) is 0 Å². The van der Waals surface area contributed by atoms with Crippen LogP contribution in [0.2, 0.25) is 0 Å². The van der Waals surface area contributed by atoms with Crippen molar-refractivity contribution >= 4 is 11.9 Å². The van der Waals surface area contributed by atoms with Crippen molar-refractivity contribution in [3.8, 4) is 0 Å². The maximum Gasteiger partial charge on any atom is 0.109 e. The lowest BCUT2D eigenvalue weighted by Gasteiger charge is -1.94. The quantitative estimate of drug-likeness (QED) is 0.693. The molecule has 0 radical (unpaired) electrons. The monoisotopic (exact) mass is 213 g/mol. The number of aliphatic imine (C=N–C) groups is 1. The fourth-order valence-corrected chi connectivity index (χ4v) is 1.55. The molecule has 0 saturated heterocycles. The third-order valence-electron chi connectivity index (χ3n) is 2.47. The van der Waals surface area contributed by atoms with Crippen LogP contribution in [-0.4, -0.2) is 6.21 Å². The zero-order valence-electron chi connectivity index (χ0n) is 9.82. The zero-order valence-corrected chi connectivity index (χ0v) is 9.82. The van der Waals surface area contributed by atoms with Gasteiger partial charge in [0.25, 0.3) is 0 Å². The number of benzene rings is 1. The molecule has 82 valence electrons. The van der Waals surface area contributed by atoms with Crippen LogP contribution in [0.5, 0.6) is 0 Å². The van der Waals surface area contributed by atoms with Gasteiger partial charge in [-0.3, -0.25) is 4.99 Å². The van der Waals surface area contributed by atoms with Crippen molar-refractivity contribution in [1.82, 2.24) is 0 Å². The van der Waals surface area contributed by atoms with Gasteiger partial charge in [-0.1, -0.05) is 17.7 Å². The largest absolute Gasteiger partial charge is 0.466 e. The average Bonchev–Trinajstić information content (AvgIpc) is 2.57. The predicted molar refractivity (Wildman–Crippen MR) is 66.6 cm³/mol. The second-order valence-corrected chi connectivity index (χ2v) is 3.96. The fraction of sp³-hybridized carbons (Fsp3) is 0.214. The molecule has 2 rings (SSSR count). The van der Waals surface area contributed by atoms with Crippen molar-refractivity contribution in [3.05, 3.63) is 53.0 Å². The van der Waals surface area contributed by atoms with Crippen LogP contribution >= 0.6 is 0 Å². The highest BCUT2D eigenvalue weighted by Crippen LogP contribution is 2.15. The van der Waals surface area contributed by atoms with E-state index < -0.39 is 0 Å². The minimum absolute atomic E-state index is 0.911. The molecular weight excluding hydrogens is 198 g/mol. The molecule has 0 atom stereocenters. The van der Waals surface area contributed by atoms with Crippen LogP contribution in [0, 0.1) is 20.8 Å². The Kier molecular flexibility index (Phi) is 2.91. The van der Waals surface area contributed by atoms with Crippen molar-refractivity contribution in [3.63, 3.8) is 0 Å². The number of rotatable bonds is 2. The fourth-order valence-electron chi connectivity index (χ4n) is 1.55. The summed E-state index contributed by atoms with van der Waals surface area (Å²) in [6, 6.07) is 10.1. The molecule has 1 aromatic heterocycles. The van der Waals surface area contributed by atoms with E-state index in [4.69, 9.17) is 4.42 Å². The van der Waals surface area contributed by atoms with Crippen LogP contribution < -0.4 is 0 Å². The molecular formula is C14H15NO. The van der Waals surface area contributed by atoms with E-state index in [9.17, 15) is 0 Å². The first-order chi connectivity index (χ1) is 7.65. The van der Waals surface area contributed by atoms with Gasteiger partial charge in [-0.25, -0.2) is 0 Å². The Bertz CT molecular complexity index is 506. The van der Waals surface area contributed by atoms with Gasteiger partial charge in [0.15, 0.2) is 0 Å². The van der Waals surface area contributed by atoms with Gasteiger partial charge in [-0.05, 0) is 39.0 Å². The van der Waals surface area contributed by atoms with Crippen molar-refractivity contribution < 1.29 is 4.42 Å². The first kappa shape index (κ1) is 10.7. The summed E-state index contributed by atoms with van der Waals surface area (Å²) in [4.78, 5) is 4.41. The SMILES string of the molecule is Cc1ccc(N=Cc2cc(C)oc2C)cc1. The first-order valence-corrected chi connectivity index (χ1v) is 5.33. The third kappa shape index (κ3) is 2.40. The highest BCUT2D eigenvalue weighted by Gasteiger charge is 2.00. The van der Waals surface area contributed by atoms with Crippen molar-refractivity contribution in [1.29, 1.82) is 0 Å². The molecule has 2 heteroatoms. The predicted octanol–water partition coefficient (Wildman–Crippen LogP) is 3.96. The zero-order chi connectivity index (χ0) is 11.5. The molecule has 2 nitrogen and oxygen atoms in total. The highest BCUT2D eigenvalue weighted by molar-refractivity contribution is 5.83. The van der Waals surface area contributed by atoms with Gasteiger partial charge in [0.2, 0.25) is 0 Å². The number of hydrogen-bond donors (Lipinski definition) is 0. The molecule has 2 aromatic rings.